The highest BCUT2D eigenvalue weighted by Gasteiger charge is 2.32. The molecule has 0 aliphatic rings. The number of hydrogen-bond donors (Lipinski definition) is 1. The number of anilines is 1. The van der Waals surface area contributed by atoms with Crippen LogP contribution in [0.2, 0.25) is 0 Å². The molecule has 0 bridgehead atoms. The maximum Gasteiger partial charge on any atom is 0.405 e. The second-order valence-corrected chi connectivity index (χ2v) is 4.60. The highest BCUT2D eigenvalue weighted by atomic mass is 32.1. The molecule has 2 aromatic rings. The van der Waals surface area contributed by atoms with Crippen LogP contribution in [0.5, 0.6) is 0 Å². The Bertz CT molecular complexity index is 534. The normalized spacial score (nSPS) is 12.3. The Morgan fingerprint density at radius 2 is 2.22 bits per heavy atom. The molecular formula is C10H12F3N3OS. The van der Waals surface area contributed by atoms with Crippen molar-refractivity contribution in [3.63, 3.8) is 0 Å². The van der Waals surface area contributed by atoms with Crippen LogP contribution >= 0.6 is 11.3 Å². The average Bonchev–Trinajstić information content (AvgIpc) is 2.83. The van der Waals surface area contributed by atoms with E-state index < -0.39 is 12.7 Å². The van der Waals surface area contributed by atoms with Gasteiger partial charge in [0.15, 0.2) is 10.8 Å². The molecule has 0 amide bonds. The zero-order chi connectivity index (χ0) is 13.3. The molecule has 100 valence electrons. The van der Waals surface area contributed by atoms with Gasteiger partial charge in [0, 0.05) is 18.1 Å². The first kappa shape index (κ1) is 13.2. The number of alkyl halides is 3. The summed E-state index contributed by atoms with van der Waals surface area (Å²) in [7, 11) is 0. The van der Waals surface area contributed by atoms with Crippen LogP contribution in [0.4, 0.5) is 19.0 Å². The van der Waals surface area contributed by atoms with Gasteiger partial charge in [-0.25, -0.2) is 4.98 Å². The predicted molar refractivity (Wildman–Crippen MR) is 62.9 cm³/mol. The van der Waals surface area contributed by atoms with Crippen LogP contribution in [0.25, 0.3) is 4.96 Å². The third kappa shape index (κ3) is 2.44. The van der Waals surface area contributed by atoms with Gasteiger partial charge in [-0.2, -0.15) is 13.2 Å². The fourth-order valence-electron chi connectivity index (χ4n) is 1.77. The molecule has 1 N–H and O–H groups in total. The van der Waals surface area contributed by atoms with Crippen molar-refractivity contribution >= 4 is 22.1 Å². The molecule has 2 rings (SSSR count). The largest absolute Gasteiger partial charge is 0.405 e. The lowest BCUT2D eigenvalue weighted by Gasteiger charge is -2.22. The van der Waals surface area contributed by atoms with Crippen molar-refractivity contribution < 1.29 is 18.3 Å². The van der Waals surface area contributed by atoms with E-state index in [9.17, 15) is 18.3 Å². The van der Waals surface area contributed by atoms with E-state index in [0.29, 0.717) is 10.7 Å². The quantitative estimate of drug-likeness (QED) is 0.933. The van der Waals surface area contributed by atoms with Crippen molar-refractivity contribution in [2.45, 2.75) is 19.7 Å². The number of rotatable bonds is 4. The number of aliphatic hydroxyl groups is 1. The lowest BCUT2D eigenvalue weighted by atomic mass is 10.3. The molecule has 0 radical (unpaired) electrons. The molecule has 0 fully saturated rings. The Kier molecular flexibility index (Phi) is 3.49. The fraction of sp³-hybridized carbons (Fsp3) is 0.500. The third-order valence-electron chi connectivity index (χ3n) is 2.54. The van der Waals surface area contributed by atoms with E-state index in [1.54, 1.807) is 22.9 Å². The Hall–Kier alpha value is -1.28. The molecule has 0 saturated heterocycles. The number of hydrogen-bond acceptors (Lipinski definition) is 4. The van der Waals surface area contributed by atoms with Gasteiger partial charge in [-0.15, -0.1) is 11.3 Å². The lowest BCUT2D eigenvalue weighted by molar-refractivity contribution is -0.119. The van der Waals surface area contributed by atoms with Crippen molar-refractivity contribution in [3.8, 4) is 0 Å². The standard InChI is InChI=1S/C10H12F3N3OS/c1-2-15(6-10(11,12)13)8-7(5-17)16-3-4-18-9(16)14-8/h3-4,17H,2,5-6H2,1H3. The maximum atomic E-state index is 12.5. The molecule has 0 aromatic carbocycles. The van der Waals surface area contributed by atoms with Gasteiger partial charge in [-0.05, 0) is 6.92 Å². The van der Waals surface area contributed by atoms with Gasteiger partial charge in [0.25, 0.3) is 0 Å². The number of thiazole rings is 1. The highest BCUT2D eigenvalue weighted by Crippen LogP contribution is 2.27. The summed E-state index contributed by atoms with van der Waals surface area (Å²) in [6.45, 7) is 0.389. The van der Waals surface area contributed by atoms with Crippen LogP contribution in [0, 0.1) is 0 Å². The van der Waals surface area contributed by atoms with E-state index in [1.165, 1.54) is 11.3 Å². The fourth-order valence-corrected chi connectivity index (χ4v) is 2.50. The predicted octanol–water partition coefficient (Wildman–Crippen LogP) is 2.28. The van der Waals surface area contributed by atoms with E-state index in [0.717, 1.165) is 4.90 Å². The molecule has 0 unspecified atom stereocenters. The van der Waals surface area contributed by atoms with Crippen LogP contribution in [0.15, 0.2) is 11.6 Å². The van der Waals surface area contributed by atoms with Crippen LogP contribution in [0.1, 0.15) is 12.6 Å². The molecule has 18 heavy (non-hydrogen) atoms. The number of fused-ring (bicyclic) bond motifs is 1. The average molecular weight is 279 g/mol. The summed E-state index contributed by atoms with van der Waals surface area (Å²) in [6, 6.07) is 0. The molecule has 0 atom stereocenters. The maximum absolute atomic E-state index is 12.5. The molecule has 0 spiro atoms. The van der Waals surface area contributed by atoms with E-state index in [2.05, 4.69) is 4.98 Å². The minimum absolute atomic E-state index is 0.178. The molecule has 8 heteroatoms. The monoisotopic (exact) mass is 279 g/mol. The smallest absolute Gasteiger partial charge is 0.390 e. The molecule has 2 heterocycles. The Morgan fingerprint density at radius 3 is 2.78 bits per heavy atom. The van der Waals surface area contributed by atoms with Crippen LogP contribution < -0.4 is 4.90 Å². The first-order valence-corrected chi connectivity index (χ1v) is 6.21. The Balaban J connectivity index is 2.41. The summed E-state index contributed by atoms with van der Waals surface area (Å²) in [5.74, 6) is 0.198. The van der Waals surface area contributed by atoms with Crippen LogP contribution in [-0.4, -0.2) is 33.8 Å². The van der Waals surface area contributed by atoms with Gasteiger partial charge in [0.2, 0.25) is 0 Å². The third-order valence-corrected chi connectivity index (χ3v) is 3.30. The topological polar surface area (TPSA) is 40.8 Å². The molecule has 4 nitrogen and oxygen atoms in total. The molecule has 0 aliphatic carbocycles. The summed E-state index contributed by atoms with van der Waals surface area (Å²) >= 11 is 1.32. The van der Waals surface area contributed by atoms with Crippen molar-refractivity contribution in [2.24, 2.45) is 0 Å². The summed E-state index contributed by atoms with van der Waals surface area (Å²) < 4.78 is 39.0. The number of imidazole rings is 1. The number of nitrogens with zero attached hydrogens (tertiary/aromatic N) is 3. The Morgan fingerprint density at radius 1 is 1.50 bits per heavy atom. The lowest BCUT2D eigenvalue weighted by Crippen LogP contribution is -2.35. The molecule has 0 aliphatic heterocycles. The van der Waals surface area contributed by atoms with Crippen molar-refractivity contribution in [1.82, 2.24) is 9.38 Å². The first-order valence-electron chi connectivity index (χ1n) is 5.33. The van der Waals surface area contributed by atoms with Crippen LogP contribution in [-0.2, 0) is 6.61 Å². The SMILES string of the molecule is CCN(CC(F)(F)F)c1nc2sccn2c1CO. The minimum Gasteiger partial charge on any atom is -0.390 e. The minimum atomic E-state index is -4.29. The van der Waals surface area contributed by atoms with Gasteiger partial charge in [-0.3, -0.25) is 4.40 Å². The number of halogens is 3. The summed E-state index contributed by atoms with van der Waals surface area (Å²) in [5.41, 5.74) is 0.386. The van der Waals surface area contributed by atoms with E-state index in [4.69, 9.17) is 0 Å². The van der Waals surface area contributed by atoms with Crippen molar-refractivity contribution in [3.05, 3.63) is 17.3 Å². The highest BCUT2D eigenvalue weighted by molar-refractivity contribution is 7.15. The number of aliphatic hydroxyl groups excluding tert-OH is 1. The van der Waals surface area contributed by atoms with E-state index in [1.807, 2.05) is 0 Å². The van der Waals surface area contributed by atoms with Gasteiger partial charge < -0.3 is 10.0 Å². The van der Waals surface area contributed by atoms with Gasteiger partial charge in [0.1, 0.15) is 6.54 Å². The summed E-state index contributed by atoms with van der Waals surface area (Å²) in [5, 5.41) is 11.1. The molecular weight excluding hydrogens is 267 g/mol. The first-order chi connectivity index (χ1) is 8.46. The molecule has 2 aromatic heterocycles. The van der Waals surface area contributed by atoms with Gasteiger partial charge >= 0.3 is 6.18 Å². The zero-order valence-corrected chi connectivity index (χ0v) is 10.4. The Labute approximate surface area is 105 Å². The van der Waals surface area contributed by atoms with Gasteiger partial charge in [-0.1, -0.05) is 0 Å². The second kappa shape index (κ2) is 4.77. The van der Waals surface area contributed by atoms with E-state index >= 15 is 0 Å². The van der Waals surface area contributed by atoms with Crippen LogP contribution in [0.3, 0.4) is 0 Å². The van der Waals surface area contributed by atoms with Crippen molar-refractivity contribution in [2.75, 3.05) is 18.0 Å². The summed E-state index contributed by atoms with van der Waals surface area (Å²) in [6.07, 6.45) is -2.61. The summed E-state index contributed by atoms with van der Waals surface area (Å²) in [4.78, 5) is 5.84. The molecule has 0 saturated carbocycles. The number of aromatic nitrogens is 2. The second-order valence-electron chi connectivity index (χ2n) is 3.73. The van der Waals surface area contributed by atoms with Gasteiger partial charge in [0.05, 0.1) is 12.3 Å². The van der Waals surface area contributed by atoms with E-state index in [-0.39, 0.29) is 19.0 Å². The zero-order valence-electron chi connectivity index (χ0n) is 9.61. The van der Waals surface area contributed by atoms with Crippen molar-refractivity contribution in [1.29, 1.82) is 0 Å².